The van der Waals surface area contributed by atoms with E-state index >= 15 is 0 Å². The van der Waals surface area contributed by atoms with Gasteiger partial charge in [0.15, 0.2) is 0 Å². The van der Waals surface area contributed by atoms with Gasteiger partial charge in [-0.2, -0.15) is 5.10 Å². The van der Waals surface area contributed by atoms with Crippen LogP contribution in [0, 0.1) is 0 Å². The molecule has 9 nitrogen and oxygen atoms in total. The van der Waals surface area contributed by atoms with Crippen molar-refractivity contribution in [3.8, 4) is 5.75 Å². The summed E-state index contributed by atoms with van der Waals surface area (Å²) in [5.74, 6) is 1.60. The number of likely N-dealkylation sites (tertiary alicyclic amines) is 1. The number of urea groups is 1. The van der Waals surface area contributed by atoms with Gasteiger partial charge in [-0.05, 0) is 49.9 Å². The number of piperidine rings is 1. The van der Waals surface area contributed by atoms with E-state index in [1.165, 1.54) is 4.68 Å². The number of carbonyl (C=O) groups is 1. The van der Waals surface area contributed by atoms with Crippen LogP contribution in [-0.4, -0.2) is 59.2 Å². The van der Waals surface area contributed by atoms with Crippen LogP contribution >= 0.6 is 0 Å². The summed E-state index contributed by atoms with van der Waals surface area (Å²) in [6, 6.07) is 7.38. The largest absolute Gasteiger partial charge is 0.497 e. The van der Waals surface area contributed by atoms with Gasteiger partial charge in [0, 0.05) is 37.8 Å². The second kappa shape index (κ2) is 8.91. The highest BCUT2D eigenvalue weighted by Crippen LogP contribution is 2.37. The minimum absolute atomic E-state index is 0.0532. The SMILES string of the molecule is COCCn1nc(C2CCCN(C(=O)Nc3ccc(OC)cc3)C2)n(C2CC2)c1=O. The minimum Gasteiger partial charge on any atom is -0.497 e. The fourth-order valence-corrected chi connectivity index (χ4v) is 3.96. The highest BCUT2D eigenvalue weighted by Gasteiger charge is 2.35. The Bertz CT molecular complexity index is 932. The molecule has 1 aromatic carbocycles. The monoisotopic (exact) mass is 415 g/mol. The number of hydrogen-bond donors (Lipinski definition) is 1. The molecule has 1 aliphatic heterocycles. The predicted octanol–water partition coefficient (Wildman–Crippen LogP) is 2.45. The highest BCUT2D eigenvalue weighted by atomic mass is 16.5. The topological polar surface area (TPSA) is 90.6 Å². The number of aromatic nitrogens is 3. The van der Waals surface area contributed by atoms with Crippen molar-refractivity contribution < 1.29 is 14.3 Å². The molecule has 1 N–H and O–H groups in total. The normalized spacial score (nSPS) is 19.0. The van der Waals surface area contributed by atoms with Crippen molar-refractivity contribution >= 4 is 11.7 Å². The van der Waals surface area contributed by atoms with Crippen molar-refractivity contribution in [2.45, 2.75) is 44.2 Å². The van der Waals surface area contributed by atoms with Crippen LogP contribution in [0.15, 0.2) is 29.1 Å². The lowest BCUT2D eigenvalue weighted by Gasteiger charge is -2.32. The number of ether oxygens (including phenoxy) is 2. The smallest absolute Gasteiger partial charge is 0.346 e. The van der Waals surface area contributed by atoms with Crippen molar-refractivity contribution in [1.29, 1.82) is 0 Å². The van der Waals surface area contributed by atoms with Crippen LogP contribution in [0.25, 0.3) is 0 Å². The number of rotatable bonds is 7. The zero-order chi connectivity index (χ0) is 21.1. The standard InChI is InChI=1S/C21H29N5O4/c1-29-13-12-25-21(28)26(17-7-8-17)19(23-25)15-4-3-11-24(14-15)20(27)22-16-5-9-18(30-2)10-6-16/h5-6,9-10,15,17H,3-4,7-8,11-14H2,1-2H3,(H,22,27). The summed E-state index contributed by atoms with van der Waals surface area (Å²) in [5, 5.41) is 7.59. The summed E-state index contributed by atoms with van der Waals surface area (Å²) in [6.07, 6.45) is 3.82. The molecule has 2 amide bonds. The van der Waals surface area contributed by atoms with E-state index in [0.29, 0.717) is 26.2 Å². The molecular formula is C21H29N5O4. The minimum atomic E-state index is -0.135. The third kappa shape index (κ3) is 4.35. The Hall–Kier alpha value is -2.81. The maximum absolute atomic E-state index is 12.8. The number of benzene rings is 1. The van der Waals surface area contributed by atoms with Crippen molar-refractivity contribution in [1.82, 2.24) is 19.2 Å². The Kier molecular flexibility index (Phi) is 6.08. The molecule has 30 heavy (non-hydrogen) atoms. The molecule has 1 saturated heterocycles. The number of nitrogens with zero attached hydrogens (tertiary/aromatic N) is 4. The van der Waals surface area contributed by atoms with Gasteiger partial charge in [0.1, 0.15) is 11.6 Å². The molecule has 4 rings (SSSR count). The van der Waals surface area contributed by atoms with Crippen LogP contribution in [-0.2, 0) is 11.3 Å². The quantitative estimate of drug-likeness (QED) is 0.750. The molecule has 0 spiro atoms. The number of anilines is 1. The van der Waals surface area contributed by atoms with Gasteiger partial charge >= 0.3 is 11.7 Å². The van der Waals surface area contributed by atoms with Gasteiger partial charge in [-0.1, -0.05) is 0 Å². The molecule has 2 heterocycles. The first-order valence-electron chi connectivity index (χ1n) is 10.5. The lowest BCUT2D eigenvalue weighted by Crippen LogP contribution is -2.42. The van der Waals surface area contributed by atoms with E-state index in [4.69, 9.17) is 9.47 Å². The van der Waals surface area contributed by atoms with E-state index in [0.717, 1.165) is 42.9 Å². The maximum Gasteiger partial charge on any atom is 0.346 e. The first-order chi connectivity index (χ1) is 14.6. The van der Waals surface area contributed by atoms with Gasteiger partial charge in [-0.3, -0.25) is 4.57 Å². The number of amides is 2. The highest BCUT2D eigenvalue weighted by molar-refractivity contribution is 5.89. The summed E-state index contributed by atoms with van der Waals surface area (Å²) in [7, 11) is 3.23. The molecule has 9 heteroatoms. The summed E-state index contributed by atoms with van der Waals surface area (Å²) >= 11 is 0. The summed E-state index contributed by atoms with van der Waals surface area (Å²) in [4.78, 5) is 27.5. The lowest BCUT2D eigenvalue weighted by atomic mass is 9.97. The Balaban J connectivity index is 1.48. The van der Waals surface area contributed by atoms with Crippen molar-refractivity contribution in [3.63, 3.8) is 0 Å². The second-order valence-electron chi connectivity index (χ2n) is 7.90. The van der Waals surface area contributed by atoms with Crippen molar-refractivity contribution in [2.75, 3.05) is 39.2 Å². The molecular weight excluding hydrogens is 386 g/mol. The van der Waals surface area contributed by atoms with Gasteiger partial charge in [0.2, 0.25) is 0 Å². The molecule has 0 radical (unpaired) electrons. The van der Waals surface area contributed by atoms with Gasteiger partial charge in [0.25, 0.3) is 0 Å². The van der Waals surface area contributed by atoms with Gasteiger partial charge < -0.3 is 19.7 Å². The fourth-order valence-electron chi connectivity index (χ4n) is 3.96. The van der Waals surface area contributed by atoms with Crippen LogP contribution in [0.5, 0.6) is 5.75 Å². The average molecular weight is 415 g/mol. The number of nitrogens with one attached hydrogen (secondary N) is 1. The third-order valence-corrected chi connectivity index (χ3v) is 5.73. The van der Waals surface area contributed by atoms with Crippen molar-refractivity contribution in [2.24, 2.45) is 0 Å². The van der Waals surface area contributed by atoms with Crippen LogP contribution in [0.3, 0.4) is 0 Å². The van der Waals surface area contributed by atoms with Gasteiger partial charge in [0.05, 0.1) is 20.3 Å². The fraction of sp³-hybridized carbons (Fsp3) is 0.571. The van der Waals surface area contributed by atoms with Gasteiger partial charge in [-0.25, -0.2) is 14.3 Å². The lowest BCUT2D eigenvalue weighted by molar-refractivity contribution is 0.181. The molecule has 1 aromatic heterocycles. The molecule has 1 atom stereocenters. The first-order valence-corrected chi connectivity index (χ1v) is 10.5. The molecule has 2 aliphatic rings. The number of hydrogen-bond acceptors (Lipinski definition) is 5. The van der Waals surface area contributed by atoms with E-state index in [-0.39, 0.29) is 23.7 Å². The van der Waals surface area contributed by atoms with Crippen LogP contribution in [0.4, 0.5) is 10.5 Å². The summed E-state index contributed by atoms with van der Waals surface area (Å²) < 4.78 is 13.6. The van der Waals surface area contributed by atoms with E-state index in [2.05, 4.69) is 10.4 Å². The summed E-state index contributed by atoms with van der Waals surface area (Å²) in [6.45, 7) is 2.13. The van der Waals surface area contributed by atoms with Gasteiger partial charge in [-0.15, -0.1) is 0 Å². The van der Waals surface area contributed by atoms with E-state index in [9.17, 15) is 9.59 Å². The average Bonchev–Trinajstić information content (AvgIpc) is 3.56. The predicted molar refractivity (Wildman–Crippen MR) is 112 cm³/mol. The Morgan fingerprint density at radius 3 is 2.63 bits per heavy atom. The number of methoxy groups -OCH3 is 2. The van der Waals surface area contributed by atoms with E-state index in [1.54, 1.807) is 14.2 Å². The molecule has 1 saturated carbocycles. The zero-order valence-corrected chi connectivity index (χ0v) is 17.5. The first kappa shape index (κ1) is 20.5. The van der Waals surface area contributed by atoms with Crippen LogP contribution < -0.4 is 15.7 Å². The van der Waals surface area contributed by atoms with E-state index < -0.39 is 0 Å². The second-order valence-corrected chi connectivity index (χ2v) is 7.90. The number of carbonyl (C=O) groups excluding carboxylic acids is 1. The molecule has 2 fully saturated rings. The molecule has 0 bridgehead atoms. The molecule has 162 valence electrons. The maximum atomic E-state index is 12.8. The molecule has 1 unspecified atom stereocenters. The molecule has 1 aliphatic carbocycles. The summed E-state index contributed by atoms with van der Waals surface area (Å²) in [5.41, 5.74) is 0.658. The van der Waals surface area contributed by atoms with Crippen molar-refractivity contribution in [3.05, 3.63) is 40.6 Å². The van der Waals surface area contributed by atoms with Crippen LogP contribution in [0.1, 0.15) is 43.5 Å². The third-order valence-electron chi connectivity index (χ3n) is 5.73. The zero-order valence-electron chi connectivity index (χ0n) is 17.5. The Labute approximate surface area is 175 Å². The van der Waals surface area contributed by atoms with Crippen LogP contribution in [0.2, 0.25) is 0 Å². The molecule has 2 aromatic rings. The Morgan fingerprint density at radius 1 is 1.20 bits per heavy atom. The Morgan fingerprint density at radius 2 is 1.97 bits per heavy atom. The van der Waals surface area contributed by atoms with E-state index in [1.807, 2.05) is 33.7 Å².